The summed E-state index contributed by atoms with van der Waals surface area (Å²) in [6.45, 7) is 2.64. The average Bonchev–Trinajstić information content (AvgIpc) is 3.72. The number of fused-ring (bicyclic) bond motifs is 2. The van der Waals surface area contributed by atoms with Crippen molar-refractivity contribution in [3.8, 4) is 28.3 Å². The third-order valence-electron chi connectivity index (χ3n) is 8.60. The van der Waals surface area contributed by atoms with Crippen molar-refractivity contribution in [3.05, 3.63) is 88.8 Å². The number of carbonyl (C=O) groups excluding carboxylic acids is 1. The Bertz CT molecular complexity index is 1970. The minimum atomic E-state index is -0.737. The summed E-state index contributed by atoms with van der Waals surface area (Å²) in [5.74, 6) is -0.0690. The number of aromatic nitrogens is 4. The van der Waals surface area contributed by atoms with Gasteiger partial charge in [-0.15, -0.1) is 0 Å². The number of anilines is 2. The van der Waals surface area contributed by atoms with E-state index in [0.717, 1.165) is 64.3 Å². The van der Waals surface area contributed by atoms with Gasteiger partial charge in [0, 0.05) is 42.6 Å². The standard InChI is InChI=1S/C34H29ClN6O4/c1-45-33-22(18-42)8-9-27(39-33)26-6-2-5-25(30(26)35)23-4-3-7-29-24(23)11-13-41(29)32-31-28(37-19-38-32)14-20(15-36-31)16-40-12-10-21(17-40)34(43)44/h2-9,14-15,18-19,21H,10-13,16-17H2,1H3,(H,43,44)/t21-/m1/s1. The summed E-state index contributed by atoms with van der Waals surface area (Å²) in [5, 5.41) is 9.91. The van der Waals surface area contributed by atoms with Crippen molar-refractivity contribution < 1.29 is 19.4 Å². The number of nitrogens with zero attached hydrogens (tertiary/aromatic N) is 6. The first-order valence-corrected chi connectivity index (χ1v) is 15.1. The second kappa shape index (κ2) is 11.9. The Balaban J connectivity index is 1.21. The first-order chi connectivity index (χ1) is 21.9. The molecule has 11 heteroatoms. The lowest BCUT2D eigenvalue weighted by Gasteiger charge is -2.20. The van der Waals surface area contributed by atoms with Crippen LogP contribution in [0, 0.1) is 5.92 Å². The molecule has 0 unspecified atom stereocenters. The van der Waals surface area contributed by atoms with E-state index < -0.39 is 5.97 Å². The molecule has 1 atom stereocenters. The maximum absolute atomic E-state index is 11.4. The summed E-state index contributed by atoms with van der Waals surface area (Å²) < 4.78 is 5.32. The molecular formula is C34H29ClN6O4. The SMILES string of the molecule is COc1nc(-c2cccc(-c3cccc4c3CCN4c3ncnc4cc(CN5CC[C@@H](C(=O)O)C5)cnc34)c2Cl)ccc1C=O. The van der Waals surface area contributed by atoms with E-state index >= 15 is 0 Å². The van der Waals surface area contributed by atoms with Gasteiger partial charge in [0.1, 0.15) is 11.8 Å². The van der Waals surface area contributed by atoms with Gasteiger partial charge in [-0.05, 0) is 60.3 Å². The zero-order valence-electron chi connectivity index (χ0n) is 24.5. The van der Waals surface area contributed by atoms with E-state index in [-0.39, 0.29) is 11.8 Å². The zero-order valence-corrected chi connectivity index (χ0v) is 25.2. The summed E-state index contributed by atoms with van der Waals surface area (Å²) in [7, 11) is 1.48. The molecule has 3 aromatic heterocycles. The molecule has 5 aromatic rings. The molecule has 5 heterocycles. The van der Waals surface area contributed by atoms with Crippen molar-refractivity contribution in [1.82, 2.24) is 24.8 Å². The summed E-state index contributed by atoms with van der Waals surface area (Å²) in [6, 6.07) is 17.5. The largest absolute Gasteiger partial charge is 0.481 e. The molecule has 0 aliphatic carbocycles. The van der Waals surface area contributed by atoms with E-state index in [0.29, 0.717) is 47.6 Å². The monoisotopic (exact) mass is 620 g/mol. The lowest BCUT2D eigenvalue weighted by molar-refractivity contribution is -0.141. The quantitative estimate of drug-likeness (QED) is 0.212. The smallest absolute Gasteiger partial charge is 0.307 e. The molecular weight excluding hydrogens is 592 g/mol. The van der Waals surface area contributed by atoms with Gasteiger partial charge in [-0.1, -0.05) is 41.9 Å². The number of aldehydes is 1. The molecule has 7 rings (SSSR count). The van der Waals surface area contributed by atoms with Crippen LogP contribution in [0.2, 0.25) is 5.02 Å². The summed E-state index contributed by atoms with van der Waals surface area (Å²) >= 11 is 7.05. The Morgan fingerprint density at radius 3 is 2.69 bits per heavy atom. The normalized spacial score (nSPS) is 16.2. The number of carboxylic acids is 1. The number of hydrogen-bond acceptors (Lipinski definition) is 9. The van der Waals surface area contributed by atoms with E-state index in [9.17, 15) is 14.7 Å². The van der Waals surface area contributed by atoms with Crippen molar-refractivity contribution in [2.24, 2.45) is 5.92 Å². The maximum atomic E-state index is 11.4. The number of aliphatic carboxylic acids is 1. The molecule has 2 aromatic carbocycles. The van der Waals surface area contributed by atoms with Crippen LogP contribution in [-0.4, -0.2) is 68.9 Å². The first-order valence-electron chi connectivity index (χ1n) is 14.7. The summed E-state index contributed by atoms with van der Waals surface area (Å²) in [6.07, 6.45) is 5.57. The van der Waals surface area contributed by atoms with Gasteiger partial charge in [-0.25, -0.2) is 15.0 Å². The second-order valence-electron chi connectivity index (χ2n) is 11.3. The van der Waals surface area contributed by atoms with Gasteiger partial charge in [0.25, 0.3) is 0 Å². The number of methoxy groups -OCH3 is 1. The number of carboxylic acid groups (broad SMARTS) is 1. The highest BCUT2D eigenvalue weighted by Gasteiger charge is 2.29. The fraction of sp³-hybridized carbons (Fsp3) is 0.235. The molecule has 0 radical (unpaired) electrons. The molecule has 0 saturated carbocycles. The van der Waals surface area contributed by atoms with E-state index in [4.69, 9.17) is 21.3 Å². The van der Waals surface area contributed by atoms with E-state index in [1.165, 1.54) is 7.11 Å². The van der Waals surface area contributed by atoms with Crippen LogP contribution in [0.3, 0.4) is 0 Å². The minimum Gasteiger partial charge on any atom is -0.481 e. The van der Waals surface area contributed by atoms with Crippen LogP contribution in [0.4, 0.5) is 11.5 Å². The Hall–Kier alpha value is -4.93. The average molecular weight is 621 g/mol. The fourth-order valence-electron chi connectivity index (χ4n) is 6.39. The van der Waals surface area contributed by atoms with E-state index in [1.807, 2.05) is 36.5 Å². The van der Waals surface area contributed by atoms with Crippen molar-refractivity contribution in [3.63, 3.8) is 0 Å². The van der Waals surface area contributed by atoms with Gasteiger partial charge in [0.2, 0.25) is 5.88 Å². The van der Waals surface area contributed by atoms with Crippen molar-refractivity contribution in [1.29, 1.82) is 0 Å². The Kier molecular flexibility index (Phi) is 7.60. The topological polar surface area (TPSA) is 122 Å². The van der Waals surface area contributed by atoms with Gasteiger partial charge in [-0.3, -0.25) is 19.5 Å². The summed E-state index contributed by atoms with van der Waals surface area (Å²) in [4.78, 5) is 45.6. The number of rotatable bonds is 8. The Morgan fingerprint density at radius 2 is 1.89 bits per heavy atom. The molecule has 1 saturated heterocycles. The number of hydrogen-bond donors (Lipinski definition) is 1. The number of carbonyl (C=O) groups is 2. The Morgan fingerprint density at radius 1 is 1.07 bits per heavy atom. The van der Waals surface area contributed by atoms with Crippen LogP contribution in [-0.2, 0) is 17.8 Å². The molecule has 0 bridgehead atoms. The van der Waals surface area contributed by atoms with Crippen LogP contribution in [0.15, 0.2) is 67.1 Å². The molecule has 10 nitrogen and oxygen atoms in total. The van der Waals surface area contributed by atoms with Crippen molar-refractivity contribution in [2.45, 2.75) is 19.4 Å². The summed E-state index contributed by atoms with van der Waals surface area (Å²) in [5.41, 5.74) is 8.28. The maximum Gasteiger partial charge on any atom is 0.307 e. The zero-order chi connectivity index (χ0) is 31.1. The first kappa shape index (κ1) is 28.8. The molecule has 226 valence electrons. The third-order valence-corrected chi connectivity index (χ3v) is 9.01. The predicted octanol–water partition coefficient (Wildman–Crippen LogP) is 5.83. The fourth-order valence-corrected chi connectivity index (χ4v) is 6.72. The van der Waals surface area contributed by atoms with Gasteiger partial charge in [-0.2, -0.15) is 0 Å². The molecule has 2 aliphatic rings. The number of benzene rings is 2. The van der Waals surface area contributed by atoms with Gasteiger partial charge < -0.3 is 14.7 Å². The van der Waals surface area contributed by atoms with Gasteiger partial charge >= 0.3 is 5.97 Å². The van der Waals surface area contributed by atoms with Crippen LogP contribution in [0.1, 0.15) is 27.9 Å². The highest BCUT2D eigenvalue weighted by Crippen LogP contribution is 2.44. The van der Waals surface area contributed by atoms with Crippen molar-refractivity contribution in [2.75, 3.05) is 31.6 Å². The lowest BCUT2D eigenvalue weighted by Crippen LogP contribution is -2.23. The lowest BCUT2D eigenvalue weighted by atomic mass is 9.95. The number of likely N-dealkylation sites (tertiary alicyclic amines) is 1. The van der Waals surface area contributed by atoms with E-state index in [2.05, 4.69) is 36.9 Å². The van der Waals surface area contributed by atoms with E-state index in [1.54, 1.807) is 18.5 Å². The molecule has 2 aliphatic heterocycles. The molecule has 0 spiro atoms. The highest BCUT2D eigenvalue weighted by atomic mass is 35.5. The molecule has 45 heavy (non-hydrogen) atoms. The Labute approximate surface area is 264 Å². The van der Waals surface area contributed by atoms with Gasteiger partial charge in [0.15, 0.2) is 12.1 Å². The van der Waals surface area contributed by atoms with Crippen LogP contribution < -0.4 is 9.64 Å². The molecule has 0 amide bonds. The number of ether oxygens (including phenoxy) is 1. The number of halogens is 1. The predicted molar refractivity (Wildman–Crippen MR) is 171 cm³/mol. The van der Waals surface area contributed by atoms with Crippen LogP contribution in [0.5, 0.6) is 5.88 Å². The van der Waals surface area contributed by atoms with Crippen LogP contribution >= 0.6 is 11.6 Å². The van der Waals surface area contributed by atoms with Crippen molar-refractivity contribution >= 4 is 46.4 Å². The molecule has 1 N–H and O–H groups in total. The second-order valence-corrected chi connectivity index (χ2v) is 11.6. The highest BCUT2D eigenvalue weighted by molar-refractivity contribution is 6.36. The van der Waals surface area contributed by atoms with Gasteiger partial charge in [0.05, 0.1) is 34.8 Å². The molecule has 1 fully saturated rings. The number of pyridine rings is 2. The van der Waals surface area contributed by atoms with Crippen LogP contribution in [0.25, 0.3) is 33.4 Å². The third kappa shape index (κ3) is 5.26. The minimum absolute atomic E-state index is 0.251.